The van der Waals surface area contributed by atoms with E-state index in [1.165, 1.54) is 21.4 Å². The zero-order valence-electron chi connectivity index (χ0n) is 12.0. The second-order valence-corrected chi connectivity index (χ2v) is 7.30. The van der Waals surface area contributed by atoms with Crippen molar-refractivity contribution in [1.82, 2.24) is 5.32 Å². The first-order valence-electron chi connectivity index (χ1n) is 6.78. The fourth-order valence-corrected chi connectivity index (χ4v) is 3.65. The third-order valence-corrected chi connectivity index (χ3v) is 4.74. The molecule has 2 aromatic rings. The first-order valence-corrected chi connectivity index (χ1v) is 8.39. The molecular formula is C16H19BrFNS. The minimum Gasteiger partial charge on any atom is -0.306 e. The maximum Gasteiger partial charge on any atom is 0.129 e. The van der Waals surface area contributed by atoms with Crippen LogP contribution in [0.4, 0.5) is 4.39 Å². The molecule has 1 unspecified atom stereocenters. The molecule has 0 saturated heterocycles. The van der Waals surface area contributed by atoms with Crippen molar-refractivity contribution in [3.8, 4) is 0 Å². The summed E-state index contributed by atoms with van der Waals surface area (Å²) in [6.45, 7) is 7.18. The molecule has 0 bridgehead atoms. The Morgan fingerprint density at radius 3 is 2.55 bits per heavy atom. The first kappa shape index (κ1) is 15.7. The summed E-state index contributed by atoms with van der Waals surface area (Å²) in [5.41, 5.74) is 1.89. The van der Waals surface area contributed by atoms with Gasteiger partial charge in [0.2, 0.25) is 0 Å². The highest BCUT2D eigenvalue weighted by Gasteiger charge is 2.20. The van der Waals surface area contributed by atoms with Gasteiger partial charge in [0.25, 0.3) is 0 Å². The molecule has 1 aromatic carbocycles. The average Bonchev–Trinajstić information content (AvgIpc) is 2.71. The van der Waals surface area contributed by atoms with Gasteiger partial charge in [0.05, 0.1) is 6.04 Å². The summed E-state index contributed by atoms with van der Waals surface area (Å²) < 4.78 is 15.1. The smallest absolute Gasteiger partial charge is 0.129 e. The monoisotopic (exact) mass is 355 g/mol. The van der Waals surface area contributed by atoms with Crippen LogP contribution >= 0.6 is 27.3 Å². The summed E-state index contributed by atoms with van der Waals surface area (Å²) in [5.74, 6) is -0.170. The molecule has 0 aliphatic heterocycles. The standard InChI is InChI=1S/C16H19BrFNS/c1-4-7-19-16(14-8-10(2)20-11(14)3)13-6-5-12(17)9-15(13)18/h5-6,8-9,16,19H,4,7H2,1-3H3. The fraction of sp³-hybridized carbons (Fsp3) is 0.375. The van der Waals surface area contributed by atoms with Crippen LogP contribution in [-0.4, -0.2) is 6.54 Å². The summed E-state index contributed by atoms with van der Waals surface area (Å²) in [5, 5.41) is 3.47. The number of thiophene rings is 1. The lowest BCUT2D eigenvalue weighted by atomic mass is 9.98. The van der Waals surface area contributed by atoms with Gasteiger partial charge in [-0.05, 0) is 50.6 Å². The Morgan fingerprint density at radius 2 is 2.00 bits per heavy atom. The number of halogens is 2. The summed E-state index contributed by atoms with van der Waals surface area (Å²) in [6.07, 6.45) is 1.02. The van der Waals surface area contributed by atoms with E-state index in [0.29, 0.717) is 5.56 Å². The van der Waals surface area contributed by atoms with Gasteiger partial charge in [-0.25, -0.2) is 4.39 Å². The molecule has 4 heteroatoms. The molecule has 0 saturated carbocycles. The van der Waals surface area contributed by atoms with Crippen LogP contribution < -0.4 is 5.32 Å². The predicted octanol–water partition coefficient (Wildman–Crippen LogP) is 5.36. The Bertz CT molecular complexity index is 594. The van der Waals surface area contributed by atoms with Crippen LogP contribution in [0.2, 0.25) is 0 Å². The number of nitrogens with one attached hydrogen (secondary N) is 1. The highest BCUT2D eigenvalue weighted by atomic mass is 79.9. The van der Waals surface area contributed by atoms with Gasteiger partial charge in [0.15, 0.2) is 0 Å². The van der Waals surface area contributed by atoms with E-state index in [1.807, 2.05) is 12.1 Å². The largest absolute Gasteiger partial charge is 0.306 e. The molecule has 1 nitrogen and oxygen atoms in total. The summed E-state index contributed by atoms with van der Waals surface area (Å²) in [4.78, 5) is 2.51. The van der Waals surface area contributed by atoms with Crippen molar-refractivity contribution in [3.63, 3.8) is 0 Å². The third kappa shape index (κ3) is 3.48. The Morgan fingerprint density at radius 1 is 1.25 bits per heavy atom. The zero-order chi connectivity index (χ0) is 14.7. The van der Waals surface area contributed by atoms with Crippen LogP contribution in [0.1, 0.15) is 40.3 Å². The molecule has 2 rings (SSSR count). The Kier molecular flexibility index (Phi) is 5.35. The van der Waals surface area contributed by atoms with Crippen molar-refractivity contribution in [1.29, 1.82) is 0 Å². The van der Waals surface area contributed by atoms with Gasteiger partial charge in [-0.3, -0.25) is 0 Å². The lowest BCUT2D eigenvalue weighted by Gasteiger charge is -2.20. The quantitative estimate of drug-likeness (QED) is 0.761. The van der Waals surface area contributed by atoms with E-state index in [1.54, 1.807) is 11.3 Å². The lowest BCUT2D eigenvalue weighted by Crippen LogP contribution is -2.24. The van der Waals surface area contributed by atoms with Crippen molar-refractivity contribution in [2.24, 2.45) is 0 Å². The van der Waals surface area contributed by atoms with E-state index in [2.05, 4.69) is 48.1 Å². The minimum atomic E-state index is -0.170. The lowest BCUT2D eigenvalue weighted by molar-refractivity contribution is 0.546. The van der Waals surface area contributed by atoms with Crippen LogP contribution in [0.15, 0.2) is 28.7 Å². The van der Waals surface area contributed by atoms with Crippen molar-refractivity contribution in [2.45, 2.75) is 33.2 Å². The number of hydrogen-bond acceptors (Lipinski definition) is 2. The SMILES string of the molecule is CCCNC(c1ccc(Br)cc1F)c1cc(C)sc1C. The van der Waals surface area contributed by atoms with Crippen LogP contribution in [0.25, 0.3) is 0 Å². The second kappa shape index (κ2) is 6.83. The van der Waals surface area contributed by atoms with Gasteiger partial charge < -0.3 is 5.32 Å². The maximum atomic E-state index is 14.3. The van der Waals surface area contributed by atoms with Gasteiger partial charge in [-0.2, -0.15) is 0 Å². The number of hydrogen-bond donors (Lipinski definition) is 1. The fourth-order valence-electron chi connectivity index (χ4n) is 2.35. The van der Waals surface area contributed by atoms with E-state index in [0.717, 1.165) is 17.4 Å². The number of benzene rings is 1. The molecule has 0 fully saturated rings. The molecule has 1 heterocycles. The van der Waals surface area contributed by atoms with E-state index in [-0.39, 0.29) is 11.9 Å². The molecule has 1 atom stereocenters. The van der Waals surface area contributed by atoms with Crippen molar-refractivity contribution < 1.29 is 4.39 Å². The highest BCUT2D eigenvalue weighted by molar-refractivity contribution is 9.10. The molecule has 0 spiro atoms. The average molecular weight is 356 g/mol. The van der Waals surface area contributed by atoms with Gasteiger partial charge in [0.1, 0.15) is 5.82 Å². The third-order valence-electron chi connectivity index (χ3n) is 3.26. The summed E-state index contributed by atoms with van der Waals surface area (Å²) >= 11 is 5.08. The van der Waals surface area contributed by atoms with Crippen LogP contribution in [0.3, 0.4) is 0 Å². The molecule has 0 radical (unpaired) electrons. The molecule has 20 heavy (non-hydrogen) atoms. The Balaban J connectivity index is 2.44. The number of aryl methyl sites for hydroxylation is 2. The van der Waals surface area contributed by atoms with Crippen LogP contribution in [0, 0.1) is 19.7 Å². The van der Waals surface area contributed by atoms with Crippen LogP contribution in [-0.2, 0) is 0 Å². The normalized spacial score (nSPS) is 12.7. The molecule has 1 aromatic heterocycles. The Hall–Kier alpha value is -0.710. The van der Waals surface area contributed by atoms with E-state index < -0.39 is 0 Å². The topological polar surface area (TPSA) is 12.0 Å². The summed E-state index contributed by atoms with van der Waals surface area (Å²) in [7, 11) is 0. The van der Waals surface area contributed by atoms with Crippen molar-refractivity contribution >= 4 is 27.3 Å². The first-order chi connectivity index (χ1) is 9.52. The summed E-state index contributed by atoms with van der Waals surface area (Å²) in [6, 6.07) is 7.37. The van der Waals surface area contributed by atoms with E-state index in [9.17, 15) is 4.39 Å². The van der Waals surface area contributed by atoms with Gasteiger partial charge in [0, 0.05) is 19.8 Å². The minimum absolute atomic E-state index is 0.0759. The molecule has 0 aliphatic carbocycles. The van der Waals surface area contributed by atoms with E-state index in [4.69, 9.17) is 0 Å². The van der Waals surface area contributed by atoms with Gasteiger partial charge in [-0.15, -0.1) is 11.3 Å². The molecule has 108 valence electrons. The number of rotatable bonds is 5. The van der Waals surface area contributed by atoms with Crippen molar-refractivity contribution in [2.75, 3.05) is 6.54 Å². The van der Waals surface area contributed by atoms with Crippen molar-refractivity contribution in [3.05, 3.63) is 55.4 Å². The maximum absolute atomic E-state index is 14.3. The van der Waals surface area contributed by atoms with E-state index >= 15 is 0 Å². The molecule has 1 N–H and O–H groups in total. The zero-order valence-corrected chi connectivity index (χ0v) is 14.4. The molecular weight excluding hydrogens is 337 g/mol. The Labute approximate surface area is 132 Å². The highest BCUT2D eigenvalue weighted by Crippen LogP contribution is 2.32. The van der Waals surface area contributed by atoms with Gasteiger partial charge >= 0.3 is 0 Å². The second-order valence-electron chi connectivity index (χ2n) is 4.92. The van der Waals surface area contributed by atoms with Crippen LogP contribution in [0.5, 0.6) is 0 Å². The predicted molar refractivity (Wildman–Crippen MR) is 88.0 cm³/mol. The molecule has 0 aliphatic rings. The van der Waals surface area contributed by atoms with Gasteiger partial charge in [-0.1, -0.05) is 28.9 Å². The molecule has 0 amide bonds.